The molecule has 5 heteroatoms. The number of nitrogens with zero attached hydrogens (tertiary/aromatic N) is 2. The third-order valence-corrected chi connectivity index (χ3v) is 5.58. The first-order valence-corrected chi connectivity index (χ1v) is 9.52. The summed E-state index contributed by atoms with van der Waals surface area (Å²) < 4.78 is 0. The summed E-state index contributed by atoms with van der Waals surface area (Å²) in [6.45, 7) is 5.71. The summed E-state index contributed by atoms with van der Waals surface area (Å²) in [5.41, 5.74) is 4.33. The van der Waals surface area contributed by atoms with Crippen LogP contribution in [0, 0.1) is 0 Å². The van der Waals surface area contributed by atoms with E-state index in [-0.39, 0.29) is 11.5 Å². The van der Waals surface area contributed by atoms with Crippen LogP contribution in [0.2, 0.25) is 0 Å². The van der Waals surface area contributed by atoms with E-state index in [2.05, 4.69) is 17.1 Å². The molecule has 1 aromatic heterocycles. The molecule has 0 spiro atoms. The molecule has 1 saturated heterocycles. The van der Waals surface area contributed by atoms with Gasteiger partial charge in [-0.3, -0.25) is 4.98 Å². The van der Waals surface area contributed by atoms with Gasteiger partial charge in [-0.25, -0.2) is 0 Å². The molecular weight excluding hydrogens is 314 g/mol. The SMILES string of the molecule is CCCN1CCC(Nc2c3c(nc4cc(O)c(O)cc24)CCC3)CC1. The summed E-state index contributed by atoms with van der Waals surface area (Å²) in [6.07, 6.45) is 6.66. The van der Waals surface area contributed by atoms with Gasteiger partial charge in [0.25, 0.3) is 0 Å². The van der Waals surface area contributed by atoms with E-state index in [1.54, 1.807) is 12.1 Å². The lowest BCUT2D eigenvalue weighted by Crippen LogP contribution is -2.39. The molecule has 2 aliphatic rings. The first-order chi connectivity index (χ1) is 12.2. The Labute approximate surface area is 148 Å². The molecule has 2 heterocycles. The summed E-state index contributed by atoms with van der Waals surface area (Å²) in [7, 11) is 0. The Morgan fingerprint density at radius 1 is 1.16 bits per heavy atom. The molecule has 0 unspecified atom stereocenters. The summed E-state index contributed by atoms with van der Waals surface area (Å²) in [6, 6.07) is 3.70. The van der Waals surface area contributed by atoms with Gasteiger partial charge in [-0.15, -0.1) is 0 Å². The lowest BCUT2D eigenvalue weighted by molar-refractivity contribution is 0.219. The van der Waals surface area contributed by atoms with Gasteiger partial charge in [-0.05, 0) is 56.7 Å². The lowest BCUT2D eigenvalue weighted by Gasteiger charge is -2.33. The van der Waals surface area contributed by atoms with Gasteiger partial charge >= 0.3 is 0 Å². The molecule has 1 aromatic carbocycles. The van der Waals surface area contributed by atoms with Gasteiger partial charge in [0.15, 0.2) is 11.5 Å². The fraction of sp³-hybridized carbons (Fsp3) is 0.550. The molecule has 0 radical (unpaired) electrons. The fourth-order valence-electron chi connectivity index (χ4n) is 4.27. The van der Waals surface area contributed by atoms with Crippen LogP contribution in [0.1, 0.15) is 43.9 Å². The van der Waals surface area contributed by atoms with Crippen molar-refractivity contribution in [3.05, 3.63) is 23.4 Å². The molecule has 1 aliphatic heterocycles. The quantitative estimate of drug-likeness (QED) is 0.744. The molecular formula is C20H27N3O2. The van der Waals surface area contributed by atoms with Gasteiger partial charge in [-0.2, -0.15) is 0 Å². The van der Waals surface area contributed by atoms with Crippen molar-refractivity contribution in [1.29, 1.82) is 0 Å². The summed E-state index contributed by atoms with van der Waals surface area (Å²) in [4.78, 5) is 7.27. The predicted octanol–water partition coefficient (Wildman–Crippen LogP) is 3.42. The number of anilines is 1. The maximum Gasteiger partial charge on any atom is 0.159 e. The van der Waals surface area contributed by atoms with Crippen LogP contribution in [0.4, 0.5) is 5.69 Å². The highest BCUT2D eigenvalue weighted by atomic mass is 16.3. The van der Waals surface area contributed by atoms with Crippen molar-refractivity contribution in [2.45, 2.75) is 51.5 Å². The number of aryl methyl sites for hydroxylation is 1. The molecule has 1 fully saturated rings. The van der Waals surface area contributed by atoms with Crippen molar-refractivity contribution < 1.29 is 10.2 Å². The third-order valence-electron chi connectivity index (χ3n) is 5.58. The van der Waals surface area contributed by atoms with Gasteiger partial charge < -0.3 is 20.4 Å². The summed E-state index contributed by atoms with van der Waals surface area (Å²) in [5.74, 6) is -0.176. The number of piperidine rings is 1. The van der Waals surface area contributed by atoms with Crippen LogP contribution in [0.15, 0.2) is 12.1 Å². The highest BCUT2D eigenvalue weighted by molar-refractivity contribution is 5.96. The minimum absolute atomic E-state index is 0.0759. The van der Waals surface area contributed by atoms with Gasteiger partial charge in [0.2, 0.25) is 0 Å². The normalized spacial score (nSPS) is 18.6. The summed E-state index contributed by atoms with van der Waals surface area (Å²) in [5, 5.41) is 24.5. The van der Waals surface area contributed by atoms with Crippen LogP contribution in [0.5, 0.6) is 11.5 Å². The highest BCUT2D eigenvalue weighted by Gasteiger charge is 2.24. The lowest BCUT2D eigenvalue weighted by atomic mass is 10.0. The molecule has 25 heavy (non-hydrogen) atoms. The molecule has 0 amide bonds. The molecule has 0 bridgehead atoms. The highest BCUT2D eigenvalue weighted by Crippen LogP contribution is 2.39. The zero-order chi connectivity index (χ0) is 17.4. The van der Waals surface area contributed by atoms with Crippen molar-refractivity contribution in [3.63, 3.8) is 0 Å². The molecule has 134 valence electrons. The number of fused-ring (bicyclic) bond motifs is 2. The Kier molecular flexibility index (Phi) is 4.42. The van der Waals surface area contributed by atoms with E-state index >= 15 is 0 Å². The number of pyridine rings is 1. The molecule has 1 aliphatic carbocycles. The molecule has 3 N–H and O–H groups in total. The average molecular weight is 341 g/mol. The Morgan fingerprint density at radius 2 is 1.92 bits per heavy atom. The fourth-order valence-corrected chi connectivity index (χ4v) is 4.27. The first kappa shape index (κ1) is 16.5. The van der Waals surface area contributed by atoms with E-state index in [1.807, 2.05) is 0 Å². The van der Waals surface area contributed by atoms with Crippen LogP contribution in [0.25, 0.3) is 10.9 Å². The second-order valence-corrected chi connectivity index (χ2v) is 7.38. The van der Waals surface area contributed by atoms with Gasteiger partial charge in [0, 0.05) is 42.0 Å². The van der Waals surface area contributed by atoms with E-state index in [9.17, 15) is 10.2 Å². The predicted molar refractivity (Wildman–Crippen MR) is 100 cm³/mol. The number of likely N-dealkylation sites (tertiary alicyclic amines) is 1. The van der Waals surface area contributed by atoms with Crippen LogP contribution in [-0.4, -0.2) is 45.8 Å². The largest absolute Gasteiger partial charge is 0.504 e. The van der Waals surface area contributed by atoms with Crippen molar-refractivity contribution in [2.75, 3.05) is 25.0 Å². The number of hydrogen-bond donors (Lipinski definition) is 3. The van der Waals surface area contributed by atoms with Crippen LogP contribution >= 0.6 is 0 Å². The van der Waals surface area contributed by atoms with E-state index in [1.165, 1.54) is 18.5 Å². The number of phenolic OH excluding ortho intramolecular Hbond substituents is 2. The number of nitrogens with one attached hydrogen (secondary N) is 1. The topological polar surface area (TPSA) is 68.6 Å². The first-order valence-electron chi connectivity index (χ1n) is 9.52. The zero-order valence-corrected chi connectivity index (χ0v) is 14.9. The number of hydrogen-bond acceptors (Lipinski definition) is 5. The van der Waals surface area contributed by atoms with E-state index in [0.717, 1.165) is 67.5 Å². The molecule has 0 saturated carbocycles. The van der Waals surface area contributed by atoms with E-state index < -0.39 is 0 Å². The molecule has 5 nitrogen and oxygen atoms in total. The van der Waals surface area contributed by atoms with E-state index in [4.69, 9.17) is 4.98 Å². The van der Waals surface area contributed by atoms with Crippen molar-refractivity contribution >= 4 is 16.6 Å². The van der Waals surface area contributed by atoms with Gasteiger partial charge in [0.05, 0.1) is 5.52 Å². The second-order valence-electron chi connectivity index (χ2n) is 7.38. The third kappa shape index (κ3) is 3.13. The monoisotopic (exact) mass is 341 g/mol. The Bertz CT molecular complexity index is 782. The number of benzene rings is 1. The smallest absolute Gasteiger partial charge is 0.159 e. The zero-order valence-electron chi connectivity index (χ0n) is 14.9. The summed E-state index contributed by atoms with van der Waals surface area (Å²) >= 11 is 0. The molecule has 0 atom stereocenters. The average Bonchev–Trinajstić information content (AvgIpc) is 3.06. The number of rotatable bonds is 4. The Hall–Kier alpha value is -2.01. The maximum absolute atomic E-state index is 9.98. The molecule has 2 aromatic rings. The van der Waals surface area contributed by atoms with Crippen molar-refractivity contribution in [1.82, 2.24) is 9.88 Å². The van der Waals surface area contributed by atoms with Gasteiger partial charge in [-0.1, -0.05) is 6.92 Å². The van der Waals surface area contributed by atoms with E-state index in [0.29, 0.717) is 6.04 Å². The number of phenols is 2. The number of aromatic nitrogens is 1. The second kappa shape index (κ2) is 6.71. The number of aromatic hydroxyl groups is 2. The maximum atomic E-state index is 9.98. The van der Waals surface area contributed by atoms with Crippen LogP contribution < -0.4 is 5.32 Å². The Morgan fingerprint density at radius 3 is 2.68 bits per heavy atom. The minimum Gasteiger partial charge on any atom is -0.504 e. The standard InChI is InChI=1S/C20H27N3O2/c1-2-8-23-9-6-13(7-10-23)21-20-14-4-3-5-16(14)22-17-12-19(25)18(24)11-15(17)20/h11-13,24-25H,2-10H2,1H3,(H,21,22). The van der Waals surface area contributed by atoms with Gasteiger partial charge in [0.1, 0.15) is 0 Å². The van der Waals surface area contributed by atoms with Crippen LogP contribution in [-0.2, 0) is 12.8 Å². The Balaban J connectivity index is 1.65. The molecule has 4 rings (SSSR count). The van der Waals surface area contributed by atoms with Crippen molar-refractivity contribution in [3.8, 4) is 11.5 Å². The van der Waals surface area contributed by atoms with Crippen LogP contribution in [0.3, 0.4) is 0 Å². The van der Waals surface area contributed by atoms with Crippen molar-refractivity contribution in [2.24, 2.45) is 0 Å². The minimum atomic E-state index is -0.100.